The predicted molar refractivity (Wildman–Crippen MR) is 181 cm³/mol. The minimum Gasteiger partial charge on any atom is -0.365 e. The zero-order valence-corrected chi connectivity index (χ0v) is 26.1. The van der Waals surface area contributed by atoms with E-state index in [1.165, 1.54) is 49.5 Å². The molecule has 0 fully saturated rings. The molecule has 1 nitrogen and oxygen atoms in total. The fourth-order valence-corrected chi connectivity index (χ4v) is 6.83. The van der Waals surface area contributed by atoms with Crippen LogP contribution < -0.4 is 4.90 Å². The second-order valence-electron chi connectivity index (χ2n) is 12.8. The molecule has 1 atom stereocenters. The number of nitrogens with zero attached hydrogens (tertiary/aromatic N) is 1. The lowest BCUT2D eigenvalue weighted by Gasteiger charge is -2.41. The van der Waals surface area contributed by atoms with Crippen LogP contribution in [0.5, 0.6) is 0 Å². The summed E-state index contributed by atoms with van der Waals surface area (Å²) in [6, 6.07) is 26.6. The fraction of sp³-hybridized carbons (Fsp3) is 0.300. The van der Waals surface area contributed by atoms with Gasteiger partial charge >= 0.3 is 0 Å². The highest BCUT2D eigenvalue weighted by Crippen LogP contribution is 2.53. The molecule has 4 aromatic carbocycles. The summed E-state index contributed by atoms with van der Waals surface area (Å²) in [6.45, 7) is 16.3. The van der Waals surface area contributed by atoms with Crippen molar-refractivity contribution in [1.29, 1.82) is 0 Å². The Labute approximate surface area is 247 Å². The van der Waals surface area contributed by atoms with Crippen LogP contribution in [-0.4, -0.2) is 12.6 Å². The second kappa shape index (κ2) is 10.9. The largest absolute Gasteiger partial charge is 0.365 e. The molecule has 0 aliphatic carbocycles. The number of likely N-dealkylation sites (N-methyl/N-ethyl adjacent to an activating group) is 1. The van der Waals surface area contributed by atoms with E-state index in [4.69, 9.17) is 0 Å². The average Bonchev–Trinajstić information content (AvgIpc) is 3.13. The molecule has 0 amide bonds. The van der Waals surface area contributed by atoms with E-state index in [9.17, 15) is 0 Å². The number of anilines is 1. The Balaban J connectivity index is 1.34. The molecule has 210 valence electrons. The van der Waals surface area contributed by atoms with E-state index in [0.717, 1.165) is 6.42 Å². The zero-order valence-electron chi connectivity index (χ0n) is 26.1. The molecule has 0 aromatic heterocycles. The molecule has 0 radical (unpaired) electrons. The highest BCUT2D eigenvalue weighted by atomic mass is 15.2. The highest BCUT2D eigenvalue weighted by molar-refractivity contribution is 5.94. The van der Waals surface area contributed by atoms with Crippen LogP contribution in [0.1, 0.15) is 65.2 Å². The number of aryl methyl sites for hydroxylation is 1. The number of rotatable bonds is 7. The number of benzene rings is 4. The quantitative estimate of drug-likeness (QED) is 0.211. The molecule has 1 heterocycles. The summed E-state index contributed by atoms with van der Waals surface area (Å²) in [5, 5.41) is 5.34. The summed E-state index contributed by atoms with van der Waals surface area (Å²) in [5.74, 6) is 0. The van der Waals surface area contributed by atoms with Gasteiger partial charge in [0.25, 0.3) is 0 Å². The third kappa shape index (κ3) is 4.76. The molecule has 0 N–H and O–H groups in total. The monoisotopic (exact) mass is 539 g/mol. The molecular weight excluding hydrogens is 494 g/mol. The van der Waals surface area contributed by atoms with Crippen LogP contribution in [-0.2, 0) is 17.3 Å². The first-order valence-corrected chi connectivity index (χ1v) is 15.0. The number of hydrogen-bond acceptors (Lipinski definition) is 1. The molecule has 41 heavy (non-hydrogen) atoms. The molecule has 0 spiro atoms. The first-order valence-electron chi connectivity index (χ1n) is 15.0. The fourth-order valence-electron chi connectivity index (χ4n) is 6.83. The normalized spacial score (nSPS) is 19.4. The molecule has 5 rings (SSSR count). The van der Waals surface area contributed by atoms with Gasteiger partial charge in [-0.15, -0.1) is 0 Å². The Kier molecular flexibility index (Phi) is 7.60. The molecule has 1 aliphatic rings. The lowest BCUT2D eigenvalue weighted by atomic mass is 9.70. The molecule has 0 bridgehead atoms. The van der Waals surface area contributed by atoms with E-state index in [0.29, 0.717) is 0 Å². The first-order chi connectivity index (χ1) is 19.5. The van der Waals surface area contributed by atoms with Crippen LogP contribution >= 0.6 is 0 Å². The molecule has 0 saturated heterocycles. The number of allylic oxidation sites excluding steroid dienone is 7. The standard InChI is InChI=1S/C40H45N/c1-9-30-24-25-31-20-14-16-22-33(31)36(30)38(3,4)29(2)19-13-11-10-12-18-28-40(7)39(5,6)37-34-23-17-15-21-32(34)26-27-35(37)41(40)8/h10-28H,9H2,1-8H3/b12-10+,13-11+,28-18+,29-19-. The minimum absolute atomic E-state index is 0.0392. The van der Waals surface area contributed by atoms with Gasteiger partial charge in [-0.1, -0.05) is 149 Å². The summed E-state index contributed by atoms with van der Waals surface area (Å²) in [4.78, 5) is 2.45. The molecule has 0 saturated carbocycles. The van der Waals surface area contributed by atoms with Crippen molar-refractivity contribution in [1.82, 2.24) is 0 Å². The van der Waals surface area contributed by atoms with Gasteiger partial charge in [-0.2, -0.15) is 0 Å². The van der Waals surface area contributed by atoms with Gasteiger partial charge in [-0.25, -0.2) is 0 Å². The third-order valence-corrected chi connectivity index (χ3v) is 10.1. The second-order valence-corrected chi connectivity index (χ2v) is 12.8. The number of fused-ring (bicyclic) bond motifs is 4. The lowest BCUT2D eigenvalue weighted by molar-refractivity contribution is 0.363. The van der Waals surface area contributed by atoms with Crippen LogP contribution in [0, 0.1) is 0 Å². The summed E-state index contributed by atoms with van der Waals surface area (Å²) >= 11 is 0. The maximum atomic E-state index is 2.45. The van der Waals surface area contributed by atoms with Gasteiger partial charge in [-0.05, 0) is 64.6 Å². The molecule has 1 unspecified atom stereocenters. The van der Waals surface area contributed by atoms with E-state index >= 15 is 0 Å². The van der Waals surface area contributed by atoms with Crippen LogP contribution in [0.3, 0.4) is 0 Å². The van der Waals surface area contributed by atoms with Gasteiger partial charge in [-0.3, -0.25) is 0 Å². The Hall–Kier alpha value is -3.84. The van der Waals surface area contributed by atoms with Gasteiger partial charge in [0.1, 0.15) is 0 Å². The summed E-state index contributed by atoms with van der Waals surface area (Å²) < 4.78 is 0. The SMILES string of the molecule is CCc1ccc2ccccc2c1C(C)(C)\C(C)=C/C=C/C=C/C=C/C1(C)N(C)c2ccc3ccccc3c2C1(C)C. The van der Waals surface area contributed by atoms with Crippen molar-refractivity contribution in [2.45, 2.75) is 71.3 Å². The van der Waals surface area contributed by atoms with Gasteiger partial charge in [0, 0.05) is 23.6 Å². The maximum absolute atomic E-state index is 2.45. The predicted octanol–water partition coefficient (Wildman–Crippen LogP) is 10.6. The van der Waals surface area contributed by atoms with Crippen molar-refractivity contribution in [3.05, 3.63) is 138 Å². The van der Waals surface area contributed by atoms with Gasteiger partial charge in [0.15, 0.2) is 0 Å². The van der Waals surface area contributed by atoms with Gasteiger partial charge < -0.3 is 4.90 Å². The van der Waals surface area contributed by atoms with Crippen LogP contribution in [0.4, 0.5) is 5.69 Å². The smallest absolute Gasteiger partial charge is 0.0648 e. The Morgan fingerprint density at radius 3 is 2.05 bits per heavy atom. The van der Waals surface area contributed by atoms with Crippen molar-refractivity contribution < 1.29 is 0 Å². The van der Waals surface area contributed by atoms with E-state index in [1.807, 2.05) is 0 Å². The Bertz CT molecular complexity index is 1710. The third-order valence-electron chi connectivity index (χ3n) is 10.1. The van der Waals surface area contributed by atoms with Crippen LogP contribution in [0.25, 0.3) is 21.5 Å². The molecular formula is C40H45N. The molecule has 1 aliphatic heterocycles. The van der Waals surface area contributed by atoms with E-state index in [2.05, 4.69) is 176 Å². The van der Waals surface area contributed by atoms with E-state index < -0.39 is 0 Å². The van der Waals surface area contributed by atoms with Gasteiger partial charge in [0.05, 0.1) is 5.54 Å². The van der Waals surface area contributed by atoms with E-state index in [-0.39, 0.29) is 16.4 Å². The minimum atomic E-state index is -0.135. The highest BCUT2D eigenvalue weighted by Gasteiger charge is 2.51. The number of hydrogen-bond donors (Lipinski definition) is 0. The van der Waals surface area contributed by atoms with Crippen LogP contribution in [0.2, 0.25) is 0 Å². The molecule has 4 aromatic rings. The van der Waals surface area contributed by atoms with Crippen molar-refractivity contribution in [2.75, 3.05) is 11.9 Å². The van der Waals surface area contributed by atoms with Crippen molar-refractivity contribution in [3.63, 3.8) is 0 Å². The van der Waals surface area contributed by atoms with Gasteiger partial charge in [0.2, 0.25) is 0 Å². The summed E-state index contributed by atoms with van der Waals surface area (Å²) in [5.41, 5.74) is 6.76. The zero-order chi connectivity index (χ0) is 29.4. The first kappa shape index (κ1) is 28.7. The topological polar surface area (TPSA) is 3.24 Å². The van der Waals surface area contributed by atoms with Crippen molar-refractivity contribution >= 4 is 27.2 Å². The Morgan fingerprint density at radius 2 is 1.34 bits per heavy atom. The van der Waals surface area contributed by atoms with Crippen molar-refractivity contribution in [2.24, 2.45) is 0 Å². The van der Waals surface area contributed by atoms with Crippen LogP contribution in [0.15, 0.2) is 121 Å². The average molecular weight is 540 g/mol. The molecule has 1 heteroatoms. The van der Waals surface area contributed by atoms with E-state index in [1.54, 1.807) is 0 Å². The van der Waals surface area contributed by atoms with Crippen molar-refractivity contribution in [3.8, 4) is 0 Å². The maximum Gasteiger partial charge on any atom is 0.0648 e. The Morgan fingerprint density at radius 1 is 0.756 bits per heavy atom. The summed E-state index contributed by atoms with van der Waals surface area (Å²) in [6.07, 6.45) is 16.5. The lowest BCUT2D eigenvalue weighted by Crippen LogP contribution is -2.50. The summed E-state index contributed by atoms with van der Waals surface area (Å²) in [7, 11) is 2.23.